The first-order chi connectivity index (χ1) is 69.6. The largest absolute Gasteiger partial charge is 0.423 e. The summed E-state index contributed by atoms with van der Waals surface area (Å²) in [5, 5.41) is 0. The summed E-state index contributed by atoms with van der Waals surface area (Å²) in [7, 11) is 11.5. The van der Waals surface area contributed by atoms with Gasteiger partial charge in [0.25, 0.3) is 0 Å². The van der Waals surface area contributed by atoms with Crippen LogP contribution in [-0.2, 0) is 148 Å². The van der Waals surface area contributed by atoms with Gasteiger partial charge in [0.1, 0.15) is 28.9 Å². The van der Waals surface area contributed by atoms with E-state index in [1.165, 1.54) is 182 Å². The second-order valence-electron chi connectivity index (χ2n) is 33.1. The van der Waals surface area contributed by atoms with Crippen LogP contribution in [0.2, 0.25) is 0 Å². The lowest BCUT2D eigenvalue weighted by Crippen LogP contribution is -2.15. The maximum Gasteiger partial charge on any atom is 0.338 e. The molecule has 0 atom stereocenters. The maximum atomic E-state index is 16.1. The van der Waals surface area contributed by atoms with Gasteiger partial charge in [0.15, 0.2) is 57.6 Å². The third-order valence-electron chi connectivity index (χ3n) is 19.4. The highest BCUT2D eigenvalue weighted by Gasteiger charge is 2.32. The monoisotopic (exact) mass is 2050 g/mol. The molecule has 0 unspecified atom stereocenters. The minimum absolute atomic E-state index is 0.00169. The smallest absolute Gasteiger partial charge is 0.338 e. The van der Waals surface area contributed by atoms with Crippen molar-refractivity contribution >= 4 is 71.6 Å². The van der Waals surface area contributed by atoms with Crippen LogP contribution in [0.15, 0.2) is 243 Å². The number of rotatable bonds is 44. The fraction of sp³-hybridized carbons (Fsp3) is 0.250. The molecule has 8 aromatic carbocycles. The zero-order chi connectivity index (χ0) is 111. The molecule has 0 N–H and O–H groups in total. The van der Waals surface area contributed by atoms with Crippen LogP contribution in [0.3, 0.4) is 0 Å². The molecule has 148 heavy (non-hydrogen) atoms. The maximum absolute atomic E-state index is 16.1. The number of carbonyl (C=O) groups excluding carboxylic acids is 12. The van der Waals surface area contributed by atoms with Gasteiger partial charge >= 0.3 is 71.6 Å². The molecule has 0 aliphatic carbocycles. The summed E-state index contributed by atoms with van der Waals surface area (Å²) in [5.74, 6) is -14.5. The molecule has 0 saturated carbocycles. The summed E-state index contributed by atoms with van der Waals surface area (Å²) >= 11 is 0. The van der Waals surface area contributed by atoms with E-state index >= 15 is 17.6 Å². The Kier molecular flexibility index (Phi) is 47.4. The molecule has 8 rings (SSSR count). The van der Waals surface area contributed by atoms with Gasteiger partial charge in [-0.15, -0.1) is 0 Å². The number of methoxy groups -OCH3 is 8. The zero-order valence-electron chi connectivity index (χ0n) is 86.0. The number of halogens is 4. The summed E-state index contributed by atoms with van der Waals surface area (Å²) in [6.07, 6.45) is 0. The summed E-state index contributed by atoms with van der Waals surface area (Å²) in [5.41, 5.74) is 6.05. The molecule has 0 aliphatic heterocycles. The van der Waals surface area contributed by atoms with Crippen LogP contribution in [0.1, 0.15) is 128 Å². The van der Waals surface area contributed by atoms with Crippen LogP contribution in [0, 0.1) is 23.3 Å². The predicted octanol–water partition coefficient (Wildman–Crippen LogP) is 20.9. The summed E-state index contributed by atoms with van der Waals surface area (Å²) in [6, 6.07) is 22.1. The average Bonchev–Trinajstić information content (AvgIpc) is 0.770. The van der Waals surface area contributed by atoms with E-state index in [-0.39, 0.29) is 211 Å². The lowest BCUT2D eigenvalue weighted by molar-refractivity contribution is -0.132. The van der Waals surface area contributed by atoms with Gasteiger partial charge in [0.05, 0.1) is 52.9 Å². The fourth-order valence-electron chi connectivity index (χ4n) is 12.1. The second-order valence-corrected chi connectivity index (χ2v) is 33.1. The van der Waals surface area contributed by atoms with Crippen molar-refractivity contribution in [1.82, 2.24) is 0 Å². The van der Waals surface area contributed by atoms with Gasteiger partial charge in [-0.3, -0.25) is 0 Å². The molecule has 8 aromatic rings. The zero-order valence-corrected chi connectivity index (χ0v) is 86.0. The van der Waals surface area contributed by atoms with E-state index in [2.05, 4.69) is 78.9 Å². The van der Waals surface area contributed by atoms with Gasteiger partial charge in [-0.25, -0.2) is 75.1 Å². The van der Waals surface area contributed by atoms with Crippen molar-refractivity contribution in [2.75, 3.05) is 56.9 Å². The van der Waals surface area contributed by atoms with Crippen LogP contribution >= 0.6 is 0 Å². The number of hydrogen-bond acceptors (Lipinski definition) is 32. The molecular formula is C112H116F4O32. The van der Waals surface area contributed by atoms with Crippen LogP contribution in [-0.4, -0.2) is 129 Å². The first-order valence-corrected chi connectivity index (χ1v) is 44.0. The molecule has 0 spiro atoms. The van der Waals surface area contributed by atoms with Gasteiger partial charge in [0, 0.05) is 186 Å². The number of esters is 12. The number of benzene rings is 8. The molecule has 32 nitrogen and oxygen atoms in total. The normalized spacial score (nSPS) is 10.4. The number of ether oxygens (including phenoxy) is 20. The first-order valence-electron chi connectivity index (χ1n) is 44.0. The van der Waals surface area contributed by atoms with Crippen LogP contribution < -0.4 is 56.8 Å². The standard InChI is InChI=1S/4C28H29FO8/c1-15(2)26(30)35-23-10-18(13-33-7)20(9-19(23)14-34-8)21-11-24(36-27(31)16(3)4)25(12-22(21)29)37-28(32)17(5)6;1-15(2)26(30)35-23-12-19(10-21(14-34-8)25(23)37-28(32)17(5)6)18-9-20(13-33-7)24(22(29)11-18)36-27(31)16(3)4;1-15(2)26(30)35-23-11-21(22(29)12-24(23)36-27(31)16(3)4)18-9-19(13-33-7)25(20(10-18)14-34-8)37-28(32)17(5)6;1-15(2)26(30)35-21-10-9-18(11-19(21)13-33-7)23-20(14-34-8)12-22(36-27(31)16(3)4)25(24(23)29)37-28(32)17(5)6/h4*9-12H,1,3,5,13-14H2,2,4,6-8H3. The van der Waals surface area contributed by atoms with Crippen LogP contribution in [0.25, 0.3) is 44.5 Å². The number of carbonyl (C=O) groups is 12. The minimum atomic E-state index is -0.983. The Labute approximate surface area is 854 Å². The minimum Gasteiger partial charge on any atom is -0.423 e. The molecule has 0 radical (unpaired) electrons. The van der Waals surface area contributed by atoms with Crippen LogP contribution in [0.5, 0.6) is 69.0 Å². The van der Waals surface area contributed by atoms with Crippen molar-refractivity contribution in [2.24, 2.45) is 0 Å². The Morgan fingerprint density at radius 1 is 0.196 bits per heavy atom. The van der Waals surface area contributed by atoms with Gasteiger partial charge < -0.3 is 94.7 Å². The van der Waals surface area contributed by atoms with Crippen molar-refractivity contribution in [2.45, 2.75) is 136 Å². The molecule has 0 saturated heterocycles. The van der Waals surface area contributed by atoms with E-state index in [9.17, 15) is 57.5 Å². The van der Waals surface area contributed by atoms with Crippen molar-refractivity contribution in [1.29, 1.82) is 0 Å². The highest BCUT2D eigenvalue weighted by atomic mass is 19.1. The van der Waals surface area contributed by atoms with E-state index in [0.29, 0.717) is 61.2 Å². The van der Waals surface area contributed by atoms with Crippen molar-refractivity contribution in [3.63, 3.8) is 0 Å². The molecule has 0 bridgehead atoms. The first kappa shape index (κ1) is 122. The Hall–Kier alpha value is -16.3. The molecule has 0 fully saturated rings. The summed E-state index contributed by atoms with van der Waals surface area (Å²) in [6.45, 7) is 59.8. The highest BCUT2D eigenvalue weighted by molar-refractivity contribution is 5.98. The Morgan fingerprint density at radius 3 is 0.824 bits per heavy atom. The Morgan fingerprint density at radius 2 is 0.446 bits per heavy atom. The average molecular weight is 2050 g/mol. The molecule has 36 heteroatoms. The molecule has 0 amide bonds. The predicted molar refractivity (Wildman–Crippen MR) is 538 cm³/mol. The van der Waals surface area contributed by atoms with Crippen molar-refractivity contribution < 1.29 is 170 Å². The quantitative estimate of drug-likeness (QED) is 0.0148. The Bertz CT molecular complexity index is 6650. The third-order valence-corrected chi connectivity index (χ3v) is 19.4. The van der Waals surface area contributed by atoms with E-state index in [1.807, 2.05) is 0 Å². The van der Waals surface area contributed by atoms with E-state index in [4.69, 9.17) is 94.7 Å². The number of hydrogen-bond donors (Lipinski definition) is 0. The molecule has 0 aliphatic rings. The van der Waals surface area contributed by atoms with Gasteiger partial charge in [0.2, 0.25) is 5.75 Å². The molecule has 784 valence electrons. The van der Waals surface area contributed by atoms with E-state index in [1.54, 1.807) is 36.4 Å². The SMILES string of the molecule is C=C(C)C(=O)Oc1cc(-c2cc(F)c(OC(=O)C(=C)C)c(COC)c2)cc(COC)c1OC(=O)C(=C)C.C=C(C)C(=O)Oc1cc(COC)c(-c2cc(OC(=O)C(=C)C)c(OC(=O)C(=C)C)cc2F)cc1COC.C=C(C)C(=O)Oc1cc(F)c(-c2cc(COC)c(OC(=O)C(=C)C)c(COC)c2)cc1OC(=O)C(=C)C.C=C(C)C(=O)Oc1ccc(-c2c(COC)cc(OC(=O)C(=C)C)c(OC(=O)C(=C)C)c2F)cc1COC. The van der Waals surface area contributed by atoms with E-state index < -0.39 is 101 Å². The summed E-state index contributed by atoms with van der Waals surface area (Å²) < 4.78 is 168. The third kappa shape index (κ3) is 34.7. The van der Waals surface area contributed by atoms with Crippen molar-refractivity contribution in [3.8, 4) is 114 Å². The van der Waals surface area contributed by atoms with Crippen molar-refractivity contribution in [3.05, 3.63) is 311 Å². The van der Waals surface area contributed by atoms with Gasteiger partial charge in [-0.05, 0) is 201 Å². The Balaban J connectivity index is 0.000000347. The van der Waals surface area contributed by atoms with E-state index in [0.717, 1.165) is 18.2 Å². The molecule has 0 aromatic heterocycles. The lowest BCUT2D eigenvalue weighted by Gasteiger charge is -2.19. The molecule has 0 heterocycles. The lowest BCUT2D eigenvalue weighted by atomic mass is 9.96. The van der Waals surface area contributed by atoms with Gasteiger partial charge in [-0.2, -0.15) is 0 Å². The highest BCUT2D eigenvalue weighted by Crippen LogP contribution is 2.47. The summed E-state index contributed by atoms with van der Waals surface area (Å²) in [4.78, 5) is 146. The van der Waals surface area contributed by atoms with Gasteiger partial charge in [-0.1, -0.05) is 85.0 Å². The topological polar surface area (TPSA) is 389 Å². The second kappa shape index (κ2) is 57.4. The fourth-order valence-corrected chi connectivity index (χ4v) is 12.1. The van der Waals surface area contributed by atoms with Crippen LogP contribution in [0.4, 0.5) is 17.6 Å². The molecular weight excluding hydrogens is 1930 g/mol.